The van der Waals surface area contributed by atoms with E-state index < -0.39 is 0 Å². The molecule has 1 aliphatic heterocycles. The van der Waals surface area contributed by atoms with Gasteiger partial charge in [0.25, 0.3) is 0 Å². The quantitative estimate of drug-likeness (QED) is 0.676. The van der Waals surface area contributed by atoms with Gasteiger partial charge in [-0.1, -0.05) is 19.1 Å². The monoisotopic (exact) mass is 365 g/mol. The van der Waals surface area contributed by atoms with Crippen molar-refractivity contribution in [2.45, 2.75) is 39.5 Å². The van der Waals surface area contributed by atoms with Gasteiger partial charge in [0.05, 0.1) is 20.3 Å². The lowest BCUT2D eigenvalue weighted by molar-refractivity contribution is 0.256. The number of aliphatic hydroxyl groups excluding tert-OH is 2. The van der Waals surface area contributed by atoms with E-state index in [9.17, 15) is 10.2 Å². The maximum Gasteiger partial charge on any atom is 0.125 e. The molecule has 27 heavy (non-hydrogen) atoms. The normalized spacial score (nSPS) is 14.7. The van der Waals surface area contributed by atoms with Gasteiger partial charge >= 0.3 is 0 Å². The van der Waals surface area contributed by atoms with Crippen LogP contribution in [-0.4, -0.2) is 35.3 Å². The first kappa shape index (κ1) is 18.2. The third-order valence-electron chi connectivity index (χ3n) is 5.76. The summed E-state index contributed by atoms with van der Waals surface area (Å²) in [5.74, 6) is 0.737. The van der Waals surface area contributed by atoms with Crippen molar-refractivity contribution in [3.63, 3.8) is 0 Å². The van der Waals surface area contributed by atoms with E-state index in [1.54, 1.807) is 7.11 Å². The van der Waals surface area contributed by atoms with Crippen molar-refractivity contribution in [3.8, 4) is 5.75 Å². The second kappa shape index (κ2) is 7.47. The van der Waals surface area contributed by atoms with E-state index in [1.807, 2.05) is 6.07 Å². The molecule has 0 unspecified atom stereocenters. The summed E-state index contributed by atoms with van der Waals surface area (Å²) in [6, 6.07) is 10.4. The van der Waals surface area contributed by atoms with Crippen LogP contribution in [-0.2, 0) is 26.2 Å². The van der Waals surface area contributed by atoms with Crippen LogP contribution in [0.1, 0.15) is 35.6 Å². The Balaban J connectivity index is 2.06. The number of hydrogen-bond donors (Lipinski definition) is 2. The van der Waals surface area contributed by atoms with Crippen molar-refractivity contribution < 1.29 is 14.9 Å². The standard InChI is InChI=1S/C23H27NO3/c1-3-7-24-8-6-18-21-11-23(27-2)16(14-26)10-20(21)19-9-15(13-25)4-5-17(19)22(18)12-24/h4-5,9-11,25-26H,3,6-8,12-14H2,1-2H3. The first-order chi connectivity index (χ1) is 13.2. The lowest BCUT2D eigenvalue weighted by Crippen LogP contribution is -2.31. The zero-order chi connectivity index (χ0) is 19.0. The van der Waals surface area contributed by atoms with Crippen LogP contribution in [0.5, 0.6) is 5.75 Å². The second-order valence-corrected chi connectivity index (χ2v) is 7.39. The van der Waals surface area contributed by atoms with Crippen LogP contribution in [0, 0.1) is 0 Å². The topological polar surface area (TPSA) is 52.9 Å². The Bertz CT molecular complexity index is 996. The van der Waals surface area contributed by atoms with Gasteiger partial charge in [-0.25, -0.2) is 0 Å². The first-order valence-electron chi connectivity index (χ1n) is 9.71. The highest BCUT2D eigenvalue weighted by Crippen LogP contribution is 2.39. The minimum absolute atomic E-state index is 0.0273. The Morgan fingerprint density at radius 1 is 0.963 bits per heavy atom. The maximum absolute atomic E-state index is 9.79. The Morgan fingerprint density at radius 3 is 2.48 bits per heavy atom. The summed E-state index contributed by atoms with van der Waals surface area (Å²) in [7, 11) is 1.65. The molecule has 1 heterocycles. The zero-order valence-electron chi connectivity index (χ0n) is 16.1. The number of aliphatic hydroxyl groups is 2. The average Bonchev–Trinajstić information content (AvgIpc) is 2.72. The number of fused-ring (bicyclic) bond motifs is 6. The number of ether oxygens (including phenoxy) is 1. The highest BCUT2D eigenvalue weighted by Gasteiger charge is 2.22. The molecule has 4 heteroatoms. The molecule has 0 radical (unpaired) electrons. The van der Waals surface area contributed by atoms with Crippen molar-refractivity contribution in [1.82, 2.24) is 4.90 Å². The van der Waals surface area contributed by atoms with Crippen LogP contribution in [0.4, 0.5) is 0 Å². The lowest BCUT2D eigenvalue weighted by Gasteiger charge is -2.31. The number of benzene rings is 3. The van der Waals surface area contributed by atoms with Crippen molar-refractivity contribution in [2.24, 2.45) is 0 Å². The summed E-state index contributed by atoms with van der Waals surface area (Å²) in [4.78, 5) is 2.52. The smallest absolute Gasteiger partial charge is 0.125 e. The fraction of sp³-hybridized carbons (Fsp3) is 0.391. The number of methoxy groups -OCH3 is 1. The third kappa shape index (κ3) is 3.08. The molecule has 0 fully saturated rings. The minimum atomic E-state index is -0.0539. The summed E-state index contributed by atoms with van der Waals surface area (Å²) < 4.78 is 5.54. The van der Waals surface area contributed by atoms with Crippen LogP contribution in [0.15, 0.2) is 30.3 Å². The van der Waals surface area contributed by atoms with E-state index >= 15 is 0 Å². The predicted molar refractivity (Wildman–Crippen MR) is 109 cm³/mol. The van der Waals surface area contributed by atoms with Crippen LogP contribution in [0.25, 0.3) is 21.5 Å². The van der Waals surface area contributed by atoms with Gasteiger partial charge < -0.3 is 14.9 Å². The molecule has 0 saturated carbocycles. The summed E-state index contributed by atoms with van der Waals surface area (Å²) in [6.45, 7) is 5.34. The van der Waals surface area contributed by atoms with E-state index in [0.29, 0.717) is 0 Å². The molecule has 142 valence electrons. The molecule has 0 aromatic heterocycles. The molecule has 4 nitrogen and oxygen atoms in total. The highest BCUT2D eigenvalue weighted by molar-refractivity contribution is 6.11. The summed E-state index contributed by atoms with van der Waals surface area (Å²) in [6.07, 6.45) is 2.17. The van der Waals surface area contributed by atoms with Gasteiger partial charge in [-0.05, 0) is 75.8 Å². The van der Waals surface area contributed by atoms with Crippen LogP contribution < -0.4 is 4.74 Å². The Kier molecular flexibility index (Phi) is 5.04. The van der Waals surface area contributed by atoms with Crippen LogP contribution in [0.2, 0.25) is 0 Å². The Hall–Kier alpha value is -2.14. The van der Waals surface area contributed by atoms with E-state index in [-0.39, 0.29) is 13.2 Å². The van der Waals surface area contributed by atoms with Gasteiger partial charge in [-0.15, -0.1) is 0 Å². The molecule has 4 rings (SSSR count). The van der Waals surface area contributed by atoms with Crippen molar-refractivity contribution >= 4 is 21.5 Å². The average molecular weight is 365 g/mol. The number of hydrogen-bond acceptors (Lipinski definition) is 4. The number of nitrogens with zero attached hydrogens (tertiary/aromatic N) is 1. The van der Waals surface area contributed by atoms with Gasteiger partial charge in [-0.2, -0.15) is 0 Å². The summed E-state index contributed by atoms with van der Waals surface area (Å²) >= 11 is 0. The van der Waals surface area contributed by atoms with E-state index in [1.165, 1.54) is 21.9 Å². The summed E-state index contributed by atoms with van der Waals surface area (Å²) in [5.41, 5.74) is 4.49. The maximum atomic E-state index is 9.79. The summed E-state index contributed by atoms with van der Waals surface area (Å²) in [5, 5.41) is 24.2. The van der Waals surface area contributed by atoms with Crippen molar-refractivity contribution in [3.05, 3.63) is 52.6 Å². The molecule has 1 aliphatic rings. The molecule has 3 aromatic carbocycles. The first-order valence-corrected chi connectivity index (χ1v) is 9.71. The van der Waals surface area contributed by atoms with Gasteiger partial charge in [0.15, 0.2) is 0 Å². The zero-order valence-corrected chi connectivity index (χ0v) is 16.1. The van der Waals surface area contributed by atoms with Gasteiger partial charge in [0, 0.05) is 18.7 Å². The van der Waals surface area contributed by atoms with Crippen molar-refractivity contribution in [1.29, 1.82) is 0 Å². The molecule has 0 bridgehead atoms. The van der Waals surface area contributed by atoms with Gasteiger partial charge in [0.1, 0.15) is 5.75 Å². The van der Waals surface area contributed by atoms with E-state index in [0.717, 1.165) is 60.1 Å². The number of rotatable bonds is 5. The van der Waals surface area contributed by atoms with Crippen molar-refractivity contribution in [2.75, 3.05) is 20.2 Å². The molecule has 0 saturated heterocycles. The third-order valence-corrected chi connectivity index (χ3v) is 5.76. The fourth-order valence-electron chi connectivity index (χ4n) is 4.46. The Labute approximate surface area is 160 Å². The van der Waals surface area contributed by atoms with Gasteiger partial charge in [-0.3, -0.25) is 4.90 Å². The van der Waals surface area contributed by atoms with Crippen LogP contribution in [0.3, 0.4) is 0 Å². The predicted octanol–water partition coefficient (Wildman–Crippen LogP) is 3.75. The second-order valence-electron chi connectivity index (χ2n) is 7.39. The lowest BCUT2D eigenvalue weighted by atomic mass is 9.86. The Morgan fingerprint density at radius 2 is 1.78 bits per heavy atom. The largest absolute Gasteiger partial charge is 0.496 e. The molecule has 0 aliphatic carbocycles. The molecular formula is C23H27NO3. The van der Waals surface area contributed by atoms with E-state index in [2.05, 4.69) is 36.1 Å². The molecule has 2 N–H and O–H groups in total. The minimum Gasteiger partial charge on any atom is -0.496 e. The molecule has 0 atom stereocenters. The highest BCUT2D eigenvalue weighted by atomic mass is 16.5. The van der Waals surface area contributed by atoms with Gasteiger partial charge in [0.2, 0.25) is 0 Å². The molecule has 0 spiro atoms. The molecular weight excluding hydrogens is 338 g/mol. The molecule has 3 aromatic rings. The van der Waals surface area contributed by atoms with Crippen LogP contribution >= 0.6 is 0 Å². The SMILES string of the molecule is CCCN1CCc2c(c3ccc(CO)cc3c3cc(CO)c(OC)cc23)C1. The molecule has 0 amide bonds. The van der Waals surface area contributed by atoms with E-state index in [4.69, 9.17) is 4.74 Å². The fourth-order valence-corrected chi connectivity index (χ4v) is 4.46.